The molecule has 112 valence electrons. The molecular formula is C17H18N4O. The molecule has 0 saturated carbocycles. The summed E-state index contributed by atoms with van der Waals surface area (Å²) in [5.41, 5.74) is 4.47. The highest BCUT2D eigenvalue weighted by Gasteiger charge is 2.09. The zero-order valence-electron chi connectivity index (χ0n) is 12.8. The minimum Gasteiger partial charge on any atom is -0.377 e. The summed E-state index contributed by atoms with van der Waals surface area (Å²) < 4.78 is 0. The van der Waals surface area contributed by atoms with Crippen molar-refractivity contribution in [1.29, 1.82) is 0 Å². The second-order valence-corrected chi connectivity index (χ2v) is 5.52. The molecule has 0 saturated heterocycles. The zero-order valence-corrected chi connectivity index (χ0v) is 12.8. The lowest BCUT2D eigenvalue weighted by Gasteiger charge is -2.16. The van der Waals surface area contributed by atoms with E-state index in [0.717, 1.165) is 27.8 Å². The summed E-state index contributed by atoms with van der Waals surface area (Å²) in [6, 6.07) is 11.4. The molecule has 0 fully saturated rings. The second-order valence-electron chi connectivity index (χ2n) is 5.52. The maximum absolute atomic E-state index is 12.4. The Kier molecular flexibility index (Phi) is 3.55. The Morgan fingerprint density at radius 3 is 2.73 bits per heavy atom. The summed E-state index contributed by atoms with van der Waals surface area (Å²) >= 11 is 0. The summed E-state index contributed by atoms with van der Waals surface area (Å²) in [6.07, 6.45) is 1.75. The van der Waals surface area contributed by atoms with E-state index >= 15 is 0 Å². The van der Waals surface area contributed by atoms with Gasteiger partial charge in [0, 0.05) is 36.4 Å². The fourth-order valence-corrected chi connectivity index (χ4v) is 2.52. The fourth-order valence-electron chi connectivity index (χ4n) is 2.52. The third kappa shape index (κ3) is 2.65. The molecule has 1 heterocycles. The molecule has 3 rings (SSSR count). The average molecular weight is 294 g/mol. The van der Waals surface area contributed by atoms with Gasteiger partial charge in [0.1, 0.15) is 0 Å². The SMILES string of the molecule is Cc1cc(C(=O)Nc2ccc3cn[nH]c3c2)ccc1N(C)C. The van der Waals surface area contributed by atoms with E-state index in [9.17, 15) is 4.79 Å². The normalized spacial score (nSPS) is 10.7. The van der Waals surface area contributed by atoms with Crippen LogP contribution < -0.4 is 10.2 Å². The van der Waals surface area contributed by atoms with Gasteiger partial charge < -0.3 is 10.2 Å². The molecule has 0 unspecified atom stereocenters. The van der Waals surface area contributed by atoms with E-state index in [-0.39, 0.29) is 5.91 Å². The fraction of sp³-hybridized carbons (Fsp3) is 0.176. The van der Waals surface area contributed by atoms with E-state index in [1.165, 1.54) is 0 Å². The highest BCUT2D eigenvalue weighted by atomic mass is 16.1. The van der Waals surface area contributed by atoms with E-state index in [4.69, 9.17) is 0 Å². The van der Waals surface area contributed by atoms with Crippen LogP contribution in [-0.4, -0.2) is 30.2 Å². The maximum Gasteiger partial charge on any atom is 0.255 e. The van der Waals surface area contributed by atoms with Crippen molar-refractivity contribution in [2.24, 2.45) is 0 Å². The Labute approximate surface area is 128 Å². The molecular weight excluding hydrogens is 276 g/mol. The Hall–Kier alpha value is -2.82. The van der Waals surface area contributed by atoms with Crippen molar-refractivity contribution in [3.05, 3.63) is 53.7 Å². The Morgan fingerprint density at radius 2 is 2.00 bits per heavy atom. The number of nitrogens with zero attached hydrogens (tertiary/aromatic N) is 2. The van der Waals surface area contributed by atoms with Gasteiger partial charge in [-0.05, 0) is 48.9 Å². The van der Waals surface area contributed by atoms with Gasteiger partial charge >= 0.3 is 0 Å². The number of aromatic nitrogens is 2. The van der Waals surface area contributed by atoms with Gasteiger partial charge in [-0.1, -0.05) is 0 Å². The highest BCUT2D eigenvalue weighted by molar-refractivity contribution is 6.05. The smallest absolute Gasteiger partial charge is 0.255 e. The number of aryl methyl sites for hydroxylation is 1. The predicted octanol–water partition coefficient (Wildman–Crippen LogP) is 3.19. The largest absolute Gasteiger partial charge is 0.377 e. The second kappa shape index (κ2) is 5.52. The van der Waals surface area contributed by atoms with Crippen LogP contribution in [0, 0.1) is 6.92 Å². The van der Waals surface area contributed by atoms with Crippen LogP contribution in [-0.2, 0) is 0 Å². The number of fused-ring (bicyclic) bond motifs is 1. The molecule has 5 nitrogen and oxygen atoms in total. The van der Waals surface area contributed by atoms with Crippen molar-refractivity contribution in [1.82, 2.24) is 10.2 Å². The lowest BCUT2D eigenvalue weighted by Crippen LogP contribution is -2.14. The van der Waals surface area contributed by atoms with Crippen LogP contribution >= 0.6 is 0 Å². The number of amides is 1. The molecule has 0 bridgehead atoms. The molecule has 0 aliphatic carbocycles. The summed E-state index contributed by atoms with van der Waals surface area (Å²) in [7, 11) is 3.98. The number of H-pyrrole nitrogens is 1. The lowest BCUT2D eigenvalue weighted by atomic mass is 10.1. The molecule has 0 spiro atoms. The van der Waals surface area contributed by atoms with Crippen LogP contribution in [0.3, 0.4) is 0 Å². The van der Waals surface area contributed by atoms with Crippen molar-refractivity contribution in [2.45, 2.75) is 6.92 Å². The number of benzene rings is 2. The van der Waals surface area contributed by atoms with Gasteiger partial charge in [-0.25, -0.2) is 0 Å². The lowest BCUT2D eigenvalue weighted by molar-refractivity contribution is 0.102. The zero-order chi connectivity index (χ0) is 15.7. The van der Waals surface area contributed by atoms with Gasteiger partial charge in [-0.3, -0.25) is 9.89 Å². The van der Waals surface area contributed by atoms with Gasteiger partial charge in [0.2, 0.25) is 0 Å². The molecule has 2 N–H and O–H groups in total. The number of hydrogen-bond acceptors (Lipinski definition) is 3. The standard InChI is InChI=1S/C17H18N4O/c1-11-8-12(5-7-16(11)21(2)3)17(22)19-14-6-4-13-10-18-20-15(13)9-14/h4-10H,1-3H3,(H,18,20)(H,19,22). The molecule has 5 heteroatoms. The topological polar surface area (TPSA) is 61.0 Å². The molecule has 2 aromatic carbocycles. The number of aromatic amines is 1. The third-order valence-corrected chi connectivity index (χ3v) is 3.64. The van der Waals surface area contributed by atoms with Gasteiger partial charge in [0.15, 0.2) is 0 Å². The van der Waals surface area contributed by atoms with Crippen LogP contribution in [0.5, 0.6) is 0 Å². The van der Waals surface area contributed by atoms with E-state index < -0.39 is 0 Å². The summed E-state index contributed by atoms with van der Waals surface area (Å²) in [4.78, 5) is 14.4. The van der Waals surface area contributed by atoms with Crippen molar-refractivity contribution in [3.8, 4) is 0 Å². The van der Waals surface area contributed by atoms with E-state index in [2.05, 4.69) is 15.5 Å². The van der Waals surface area contributed by atoms with E-state index in [1.807, 2.05) is 62.3 Å². The van der Waals surface area contributed by atoms with E-state index in [0.29, 0.717) is 5.56 Å². The molecule has 1 amide bonds. The van der Waals surface area contributed by atoms with E-state index in [1.54, 1.807) is 6.20 Å². The van der Waals surface area contributed by atoms with Crippen LogP contribution in [0.25, 0.3) is 10.9 Å². The molecule has 0 radical (unpaired) electrons. The Morgan fingerprint density at radius 1 is 1.18 bits per heavy atom. The van der Waals surface area contributed by atoms with Crippen LogP contribution in [0.2, 0.25) is 0 Å². The maximum atomic E-state index is 12.4. The van der Waals surface area contributed by atoms with Crippen molar-refractivity contribution in [3.63, 3.8) is 0 Å². The molecule has 3 aromatic rings. The Bertz CT molecular complexity index is 836. The molecule has 0 aliphatic heterocycles. The number of carbonyl (C=O) groups excluding carboxylic acids is 1. The summed E-state index contributed by atoms with van der Waals surface area (Å²) in [6.45, 7) is 2.00. The molecule has 22 heavy (non-hydrogen) atoms. The van der Waals surface area contributed by atoms with Crippen LogP contribution in [0.1, 0.15) is 15.9 Å². The molecule has 0 atom stereocenters. The Balaban J connectivity index is 1.83. The minimum absolute atomic E-state index is 0.118. The number of anilines is 2. The predicted molar refractivity (Wildman–Crippen MR) is 89.6 cm³/mol. The van der Waals surface area contributed by atoms with Crippen molar-refractivity contribution < 1.29 is 4.79 Å². The molecule has 1 aromatic heterocycles. The van der Waals surface area contributed by atoms with Crippen LogP contribution in [0.15, 0.2) is 42.6 Å². The number of carbonyl (C=O) groups is 1. The highest BCUT2D eigenvalue weighted by Crippen LogP contribution is 2.21. The third-order valence-electron chi connectivity index (χ3n) is 3.64. The number of rotatable bonds is 3. The van der Waals surface area contributed by atoms with Gasteiger partial charge in [-0.2, -0.15) is 5.10 Å². The van der Waals surface area contributed by atoms with Gasteiger partial charge in [0.25, 0.3) is 5.91 Å². The van der Waals surface area contributed by atoms with Crippen molar-refractivity contribution >= 4 is 28.2 Å². The number of nitrogens with one attached hydrogen (secondary N) is 2. The first-order chi connectivity index (χ1) is 10.5. The first-order valence-electron chi connectivity index (χ1n) is 7.07. The van der Waals surface area contributed by atoms with Gasteiger partial charge in [-0.15, -0.1) is 0 Å². The summed E-state index contributed by atoms with van der Waals surface area (Å²) in [5.74, 6) is -0.118. The quantitative estimate of drug-likeness (QED) is 0.780. The molecule has 0 aliphatic rings. The minimum atomic E-state index is -0.118. The van der Waals surface area contributed by atoms with Crippen molar-refractivity contribution in [2.75, 3.05) is 24.3 Å². The van der Waals surface area contributed by atoms with Crippen LogP contribution in [0.4, 0.5) is 11.4 Å². The summed E-state index contributed by atoms with van der Waals surface area (Å²) in [5, 5.41) is 10.8. The first kappa shape index (κ1) is 14.1. The number of hydrogen-bond donors (Lipinski definition) is 2. The monoisotopic (exact) mass is 294 g/mol. The van der Waals surface area contributed by atoms with Gasteiger partial charge in [0.05, 0.1) is 11.7 Å². The first-order valence-corrected chi connectivity index (χ1v) is 7.07. The average Bonchev–Trinajstić information content (AvgIpc) is 2.94.